The first kappa shape index (κ1) is 22.3. The molecule has 0 bridgehead atoms. The third-order valence-corrected chi connectivity index (χ3v) is 6.93. The zero-order chi connectivity index (χ0) is 22.7. The number of aliphatic hydroxyl groups is 1. The maximum Gasteiger partial charge on any atom is 0.306 e. The average Bonchev–Trinajstić information content (AvgIpc) is 2.79. The number of carboxylic acid groups (broad SMARTS) is 1. The number of aliphatic carboxylic acids is 1. The lowest BCUT2D eigenvalue weighted by atomic mass is 9.79. The minimum absolute atomic E-state index is 0.0682. The van der Waals surface area contributed by atoms with Crippen LogP contribution in [-0.2, 0) is 4.79 Å². The average molecular weight is 437 g/mol. The minimum atomic E-state index is -1.05. The molecule has 4 rings (SSSR count). The summed E-state index contributed by atoms with van der Waals surface area (Å²) in [5.41, 5.74) is 8.77. The summed E-state index contributed by atoms with van der Waals surface area (Å²) in [6, 6.07) is 16.6. The van der Waals surface area contributed by atoms with Crippen molar-refractivity contribution in [3.8, 4) is 11.1 Å². The highest BCUT2D eigenvalue weighted by Crippen LogP contribution is 2.36. The zero-order valence-corrected chi connectivity index (χ0v) is 18.3. The second kappa shape index (κ2) is 9.30. The molecule has 0 amide bonds. The van der Waals surface area contributed by atoms with Gasteiger partial charge in [0.15, 0.2) is 0 Å². The quantitative estimate of drug-likeness (QED) is 0.409. The molecule has 1 aliphatic carbocycles. The highest BCUT2D eigenvalue weighted by Gasteiger charge is 2.37. The van der Waals surface area contributed by atoms with E-state index in [1.54, 1.807) is 0 Å². The second-order valence-electron chi connectivity index (χ2n) is 9.06. The van der Waals surface area contributed by atoms with Gasteiger partial charge >= 0.3 is 5.97 Å². The summed E-state index contributed by atoms with van der Waals surface area (Å²) < 4.78 is 0. The molecule has 0 atom stereocenters. The Bertz CT molecular complexity index is 962. The van der Waals surface area contributed by atoms with Gasteiger partial charge in [0.1, 0.15) is 5.84 Å². The number of anilines is 1. The van der Waals surface area contributed by atoms with Gasteiger partial charge in [-0.2, -0.15) is 0 Å². The van der Waals surface area contributed by atoms with Crippen molar-refractivity contribution >= 4 is 17.5 Å². The van der Waals surface area contributed by atoms with E-state index >= 15 is 0 Å². The number of carbonyl (C=O) groups is 1. The van der Waals surface area contributed by atoms with Crippen molar-refractivity contribution in [1.29, 1.82) is 5.41 Å². The fourth-order valence-electron chi connectivity index (χ4n) is 5.12. The standard InChI is InChI=1S/C25H32N4O3/c26-24(27)19-6-7-22(21(16-19)18-4-2-1-3-5-18)29-14-12-28(13-15-29)20-8-10-25(32,11-9-20)17-23(30)31/h1-7,16,20,32H,8-15,17H2,(H3,26,27)(H,30,31)/t20-,25-. The molecule has 7 nitrogen and oxygen atoms in total. The first-order chi connectivity index (χ1) is 15.3. The summed E-state index contributed by atoms with van der Waals surface area (Å²) in [4.78, 5) is 15.9. The molecule has 2 aliphatic rings. The van der Waals surface area contributed by atoms with Crippen molar-refractivity contribution in [2.75, 3.05) is 31.1 Å². The summed E-state index contributed by atoms with van der Waals surface area (Å²) in [7, 11) is 0. The molecular weight excluding hydrogens is 404 g/mol. The summed E-state index contributed by atoms with van der Waals surface area (Å²) >= 11 is 0. The van der Waals surface area contributed by atoms with E-state index in [9.17, 15) is 9.90 Å². The van der Waals surface area contributed by atoms with Crippen LogP contribution in [0.1, 0.15) is 37.7 Å². The minimum Gasteiger partial charge on any atom is -0.481 e. The number of nitrogen functional groups attached to an aromatic ring is 1. The first-order valence-electron chi connectivity index (χ1n) is 11.3. The van der Waals surface area contributed by atoms with E-state index in [1.165, 1.54) is 0 Å². The van der Waals surface area contributed by atoms with Crippen LogP contribution in [0.2, 0.25) is 0 Å². The molecule has 2 aromatic rings. The van der Waals surface area contributed by atoms with Crippen molar-refractivity contribution in [2.24, 2.45) is 5.73 Å². The molecule has 1 saturated carbocycles. The number of carboxylic acids is 1. The number of rotatable bonds is 6. The fourth-order valence-corrected chi connectivity index (χ4v) is 5.12. The van der Waals surface area contributed by atoms with Crippen molar-refractivity contribution in [3.05, 3.63) is 54.1 Å². The van der Waals surface area contributed by atoms with Crippen LogP contribution < -0.4 is 10.6 Å². The Morgan fingerprint density at radius 2 is 1.72 bits per heavy atom. The highest BCUT2D eigenvalue weighted by molar-refractivity contribution is 5.97. The molecule has 2 aromatic carbocycles. The summed E-state index contributed by atoms with van der Waals surface area (Å²) in [5.74, 6) is -0.858. The van der Waals surface area contributed by atoms with Gasteiger partial charge in [-0.25, -0.2) is 0 Å². The molecule has 0 aromatic heterocycles. The number of benzene rings is 2. The van der Waals surface area contributed by atoms with Gasteiger partial charge in [0.2, 0.25) is 0 Å². The molecule has 1 aliphatic heterocycles. The molecule has 7 heteroatoms. The summed E-state index contributed by atoms with van der Waals surface area (Å²) in [6.45, 7) is 3.67. The number of amidine groups is 1. The topological polar surface area (TPSA) is 114 Å². The molecule has 1 saturated heterocycles. The Hall–Kier alpha value is -2.90. The Morgan fingerprint density at radius 3 is 2.31 bits per heavy atom. The van der Waals surface area contributed by atoms with Crippen LogP contribution in [0.25, 0.3) is 11.1 Å². The Kier molecular flexibility index (Phi) is 6.48. The molecule has 0 spiro atoms. The van der Waals surface area contributed by atoms with Crippen LogP contribution >= 0.6 is 0 Å². The monoisotopic (exact) mass is 436 g/mol. The van der Waals surface area contributed by atoms with E-state index in [0.717, 1.165) is 61.4 Å². The van der Waals surface area contributed by atoms with Crippen LogP contribution in [-0.4, -0.2) is 64.7 Å². The van der Waals surface area contributed by atoms with E-state index in [4.69, 9.17) is 16.2 Å². The van der Waals surface area contributed by atoms with Gasteiger partial charge in [-0.1, -0.05) is 30.3 Å². The van der Waals surface area contributed by atoms with Gasteiger partial charge in [-0.15, -0.1) is 0 Å². The SMILES string of the molecule is N=C(N)c1ccc(N2CCN([C@H]3CC[C@@](O)(CC(=O)O)CC3)CC2)c(-c2ccccc2)c1. The van der Waals surface area contributed by atoms with Gasteiger partial charge in [-0.3, -0.25) is 15.1 Å². The number of nitrogens with zero attached hydrogens (tertiary/aromatic N) is 2. The predicted octanol–water partition coefficient (Wildman–Crippen LogP) is 2.91. The van der Waals surface area contributed by atoms with Crippen molar-refractivity contribution < 1.29 is 15.0 Å². The number of hydrogen-bond acceptors (Lipinski definition) is 5. The van der Waals surface area contributed by atoms with Gasteiger partial charge in [0, 0.05) is 49.0 Å². The lowest BCUT2D eigenvalue weighted by molar-refractivity contribution is -0.144. The number of nitrogens with two attached hydrogens (primary N) is 1. The summed E-state index contributed by atoms with van der Waals surface area (Å²) in [6.07, 6.45) is 2.62. The van der Waals surface area contributed by atoms with Gasteiger partial charge in [-0.05, 0) is 49.4 Å². The van der Waals surface area contributed by atoms with Crippen LogP contribution in [0.4, 0.5) is 5.69 Å². The van der Waals surface area contributed by atoms with Crippen LogP contribution in [0, 0.1) is 5.41 Å². The molecule has 170 valence electrons. The Labute approximate surface area is 189 Å². The third kappa shape index (κ3) is 4.95. The lowest BCUT2D eigenvalue weighted by Crippen LogP contribution is -2.52. The highest BCUT2D eigenvalue weighted by atomic mass is 16.4. The summed E-state index contributed by atoms with van der Waals surface area (Å²) in [5, 5.41) is 27.4. The number of piperazine rings is 1. The molecule has 5 N–H and O–H groups in total. The van der Waals surface area contributed by atoms with Gasteiger partial charge < -0.3 is 20.8 Å². The van der Waals surface area contributed by atoms with Gasteiger partial charge in [0.25, 0.3) is 0 Å². The zero-order valence-electron chi connectivity index (χ0n) is 18.3. The van der Waals surface area contributed by atoms with Crippen molar-refractivity contribution in [3.63, 3.8) is 0 Å². The van der Waals surface area contributed by atoms with Crippen molar-refractivity contribution in [1.82, 2.24) is 4.90 Å². The fraction of sp³-hybridized carbons (Fsp3) is 0.440. The molecule has 2 fully saturated rings. The maximum absolute atomic E-state index is 11.0. The lowest BCUT2D eigenvalue weighted by Gasteiger charge is -2.44. The Balaban J connectivity index is 1.44. The first-order valence-corrected chi connectivity index (χ1v) is 11.3. The van der Waals surface area contributed by atoms with Crippen molar-refractivity contribution in [2.45, 2.75) is 43.7 Å². The van der Waals surface area contributed by atoms with E-state index in [-0.39, 0.29) is 12.3 Å². The number of hydrogen-bond donors (Lipinski definition) is 4. The third-order valence-electron chi connectivity index (χ3n) is 6.93. The van der Waals surface area contributed by atoms with E-state index < -0.39 is 11.6 Å². The normalized spacial score (nSPS) is 24.3. The van der Waals surface area contributed by atoms with Gasteiger partial charge in [0.05, 0.1) is 12.0 Å². The largest absolute Gasteiger partial charge is 0.481 e. The molecule has 1 heterocycles. The molecule has 0 unspecified atom stereocenters. The van der Waals surface area contributed by atoms with Crippen LogP contribution in [0.15, 0.2) is 48.5 Å². The number of nitrogens with one attached hydrogen (secondary N) is 1. The molecule has 32 heavy (non-hydrogen) atoms. The second-order valence-corrected chi connectivity index (χ2v) is 9.06. The maximum atomic E-state index is 11.0. The van der Waals surface area contributed by atoms with Crippen LogP contribution in [0.5, 0.6) is 0 Å². The Morgan fingerprint density at radius 1 is 1.06 bits per heavy atom. The van der Waals surface area contributed by atoms with E-state index in [2.05, 4.69) is 28.0 Å². The smallest absolute Gasteiger partial charge is 0.306 e. The molecular formula is C25H32N4O3. The van der Waals surface area contributed by atoms with E-state index in [0.29, 0.717) is 18.9 Å². The predicted molar refractivity (Wildman–Crippen MR) is 126 cm³/mol. The van der Waals surface area contributed by atoms with E-state index in [1.807, 2.05) is 30.3 Å². The molecule has 0 radical (unpaired) electrons. The van der Waals surface area contributed by atoms with Crippen LogP contribution in [0.3, 0.4) is 0 Å².